The van der Waals surface area contributed by atoms with E-state index in [1.165, 1.54) is 76.9 Å². The SMILES string of the molecule is CCCCCCCCCCCCC/C=C\C/C=C/OC(CO)COP(=O)(O)OCCN. The van der Waals surface area contributed by atoms with Crippen LogP contribution in [0.3, 0.4) is 0 Å². The normalized spacial score (nSPS) is 15.0. The molecule has 2 atom stereocenters. The number of unbranched alkanes of at least 4 members (excludes halogenated alkanes) is 11. The van der Waals surface area contributed by atoms with Crippen LogP contribution in [0.4, 0.5) is 0 Å². The highest BCUT2D eigenvalue weighted by Crippen LogP contribution is 2.42. The first-order valence-corrected chi connectivity index (χ1v) is 13.4. The zero-order chi connectivity index (χ0) is 23.0. The first-order chi connectivity index (χ1) is 15.1. The summed E-state index contributed by atoms with van der Waals surface area (Å²) < 4.78 is 26.2. The Labute approximate surface area is 189 Å². The van der Waals surface area contributed by atoms with Gasteiger partial charge in [0.25, 0.3) is 0 Å². The molecule has 0 radical (unpaired) electrons. The lowest BCUT2D eigenvalue weighted by Crippen LogP contribution is -2.21. The number of allylic oxidation sites excluding steroid dienone is 3. The molecule has 0 aliphatic carbocycles. The van der Waals surface area contributed by atoms with Gasteiger partial charge in [0.1, 0.15) is 6.10 Å². The minimum atomic E-state index is -4.16. The summed E-state index contributed by atoms with van der Waals surface area (Å²) >= 11 is 0. The van der Waals surface area contributed by atoms with Gasteiger partial charge in [-0.1, -0.05) is 83.3 Å². The molecule has 0 bridgehead atoms. The zero-order valence-corrected chi connectivity index (χ0v) is 20.4. The van der Waals surface area contributed by atoms with Crippen molar-refractivity contribution < 1.29 is 28.3 Å². The Kier molecular flexibility index (Phi) is 22.0. The van der Waals surface area contributed by atoms with E-state index in [0.717, 1.165) is 12.8 Å². The van der Waals surface area contributed by atoms with Crippen LogP contribution in [-0.4, -0.2) is 42.5 Å². The second-order valence-corrected chi connectivity index (χ2v) is 9.18. The Bertz CT molecular complexity index is 487. The molecule has 31 heavy (non-hydrogen) atoms. The van der Waals surface area contributed by atoms with Gasteiger partial charge >= 0.3 is 7.82 Å². The monoisotopic (exact) mass is 463 g/mol. The topological polar surface area (TPSA) is 111 Å². The van der Waals surface area contributed by atoms with E-state index in [2.05, 4.69) is 23.6 Å². The third kappa shape index (κ3) is 22.3. The number of nitrogens with two attached hydrogens (primary N) is 1. The molecule has 2 unspecified atom stereocenters. The number of hydrogen-bond donors (Lipinski definition) is 3. The number of phosphoric acid groups is 1. The van der Waals surface area contributed by atoms with Crippen molar-refractivity contribution in [1.29, 1.82) is 0 Å². The third-order valence-corrected chi connectivity index (χ3v) is 5.76. The van der Waals surface area contributed by atoms with Crippen molar-refractivity contribution in [3.63, 3.8) is 0 Å². The van der Waals surface area contributed by atoms with Gasteiger partial charge in [-0.2, -0.15) is 0 Å². The van der Waals surface area contributed by atoms with E-state index in [-0.39, 0.29) is 26.4 Å². The van der Waals surface area contributed by atoms with Crippen molar-refractivity contribution in [1.82, 2.24) is 0 Å². The van der Waals surface area contributed by atoms with E-state index >= 15 is 0 Å². The van der Waals surface area contributed by atoms with Crippen molar-refractivity contribution >= 4 is 7.82 Å². The Morgan fingerprint density at radius 2 is 1.52 bits per heavy atom. The molecule has 0 saturated heterocycles. The average Bonchev–Trinajstić information content (AvgIpc) is 2.76. The first-order valence-electron chi connectivity index (χ1n) is 11.9. The number of hydrogen-bond acceptors (Lipinski definition) is 6. The number of phosphoric ester groups is 1. The van der Waals surface area contributed by atoms with Gasteiger partial charge in [-0.05, 0) is 25.3 Å². The molecule has 7 nitrogen and oxygen atoms in total. The summed E-state index contributed by atoms with van der Waals surface area (Å²) in [6.45, 7) is 1.70. The molecular formula is C23H46NO6P. The molecule has 0 aliphatic rings. The van der Waals surface area contributed by atoms with Gasteiger partial charge in [0.05, 0.1) is 26.1 Å². The molecule has 184 valence electrons. The molecule has 0 amide bonds. The van der Waals surface area contributed by atoms with Crippen molar-refractivity contribution in [2.75, 3.05) is 26.4 Å². The van der Waals surface area contributed by atoms with Crippen molar-refractivity contribution in [2.24, 2.45) is 5.73 Å². The first kappa shape index (κ1) is 30.3. The van der Waals surface area contributed by atoms with Crippen LogP contribution >= 0.6 is 7.82 Å². The Morgan fingerprint density at radius 3 is 2.10 bits per heavy atom. The summed E-state index contributed by atoms with van der Waals surface area (Å²) in [7, 11) is -4.16. The molecule has 0 heterocycles. The highest BCUT2D eigenvalue weighted by molar-refractivity contribution is 7.47. The summed E-state index contributed by atoms with van der Waals surface area (Å²) in [5, 5.41) is 9.25. The Balaban J connectivity index is 3.59. The molecule has 0 spiro atoms. The van der Waals surface area contributed by atoms with E-state index in [1.807, 2.05) is 6.08 Å². The summed E-state index contributed by atoms with van der Waals surface area (Å²) in [6.07, 6.45) is 23.5. The summed E-state index contributed by atoms with van der Waals surface area (Å²) in [5.41, 5.74) is 5.20. The van der Waals surface area contributed by atoms with E-state index in [4.69, 9.17) is 15.0 Å². The van der Waals surface area contributed by atoms with Crippen LogP contribution in [0.25, 0.3) is 0 Å². The Hall–Kier alpha value is -0.690. The third-order valence-electron chi connectivity index (χ3n) is 4.78. The maximum Gasteiger partial charge on any atom is 0.472 e. The predicted molar refractivity (Wildman–Crippen MR) is 127 cm³/mol. The zero-order valence-electron chi connectivity index (χ0n) is 19.5. The van der Waals surface area contributed by atoms with Crippen molar-refractivity contribution in [3.05, 3.63) is 24.5 Å². The molecule has 0 aliphatic heterocycles. The predicted octanol–water partition coefficient (Wildman–Crippen LogP) is 5.62. The van der Waals surface area contributed by atoms with Crippen LogP contribution in [-0.2, 0) is 18.3 Å². The Morgan fingerprint density at radius 1 is 0.903 bits per heavy atom. The van der Waals surface area contributed by atoms with Gasteiger partial charge in [0.2, 0.25) is 0 Å². The molecule has 0 fully saturated rings. The number of ether oxygens (including phenoxy) is 1. The maximum absolute atomic E-state index is 11.5. The van der Waals surface area contributed by atoms with Gasteiger partial charge < -0.3 is 20.5 Å². The van der Waals surface area contributed by atoms with Crippen LogP contribution in [0, 0.1) is 0 Å². The van der Waals surface area contributed by atoms with E-state index < -0.39 is 13.9 Å². The van der Waals surface area contributed by atoms with Crippen molar-refractivity contribution in [2.45, 2.75) is 96.5 Å². The smallest absolute Gasteiger partial charge is 0.472 e. The lowest BCUT2D eigenvalue weighted by atomic mass is 10.1. The summed E-state index contributed by atoms with van der Waals surface area (Å²) in [5.74, 6) is 0. The number of rotatable bonds is 23. The van der Waals surface area contributed by atoms with E-state index in [0.29, 0.717) is 0 Å². The van der Waals surface area contributed by atoms with Crippen LogP contribution in [0.2, 0.25) is 0 Å². The van der Waals surface area contributed by atoms with Gasteiger partial charge in [0, 0.05) is 6.54 Å². The molecular weight excluding hydrogens is 417 g/mol. The van der Waals surface area contributed by atoms with Crippen LogP contribution < -0.4 is 5.73 Å². The van der Waals surface area contributed by atoms with Crippen molar-refractivity contribution in [3.8, 4) is 0 Å². The largest absolute Gasteiger partial charge is 0.494 e. The lowest BCUT2D eigenvalue weighted by Gasteiger charge is -2.16. The molecule has 0 aromatic heterocycles. The average molecular weight is 464 g/mol. The van der Waals surface area contributed by atoms with E-state index in [9.17, 15) is 14.6 Å². The highest BCUT2D eigenvalue weighted by atomic mass is 31.2. The molecule has 0 aromatic carbocycles. The fourth-order valence-corrected chi connectivity index (χ4v) is 3.72. The van der Waals surface area contributed by atoms with Gasteiger partial charge in [-0.15, -0.1) is 0 Å². The van der Waals surface area contributed by atoms with Crippen LogP contribution in [0.1, 0.15) is 90.4 Å². The number of aliphatic hydroxyl groups is 1. The van der Waals surface area contributed by atoms with Crippen LogP contribution in [0.15, 0.2) is 24.5 Å². The highest BCUT2D eigenvalue weighted by Gasteiger charge is 2.22. The minimum absolute atomic E-state index is 0.0795. The lowest BCUT2D eigenvalue weighted by molar-refractivity contribution is 0.0258. The maximum atomic E-state index is 11.5. The number of aliphatic hydroxyl groups excluding tert-OH is 1. The van der Waals surface area contributed by atoms with Gasteiger partial charge in [0.15, 0.2) is 0 Å². The summed E-state index contributed by atoms with van der Waals surface area (Å²) in [6, 6.07) is 0. The molecule has 0 rings (SSSR count). The molecule has 8 heteroatoms. The molecule has 0 aromatic rings. The van der Waals surface area contributed by atoms with Gasteiger partial charge in [-0.25, -0.2) is 4.57 Å². The van der Waals surface area contributed by atoms with Crippen LogP contribution in [0.5, 0.6) is 0 Å². The molecule has 4 N–H and O–H groups in total. The van der Waals surface area contributed by atoms with E-state index in [1.54, 1.807) is 0 Å². The fraction of sp³-hybridized carbons (Fsp3) is 0.826. The minimum Gasteiger partial charge on any atom is -0.494 e. The molecule has 0 saturated carbocycles. The standard InChI is InChI=1S/C23H46NO6P/c1-2-3-4-5-6-7-8-9-10-11-12-13-14-15-16-17-19-28-23(21-25)22-30-31(26,27)29-20-18-24/h14-15,17,19,23,25H,2-13,16,18,20-22,24H2,1H3,(H,26,27)/b15-14-,19-17+. The van der Waals surface area contributed by atoms with Gasteiger partial charge in [-0.3, -0.25) is 9.05 Å². The quantitative estimate of drug-likeness (QED) is 0.0780. The fourth-order valence-electron chi connectivity index (χ4n) is 2.96. The second kappa shape index (κ2) is 22.5. The second-order valence-electron chi connectivity index (χ2n) is 7.73. The summed E-state index contributed by atoms with van der Waals surface area (Å²) in [4.78, 5) is 9.40.